The number of pyridine rings is 1. The van der Waals surface area contributed by atoms with Gasteiger partial charge in [0.2, 0.25) is 0 Å². The summed E-state index contributed by atoms with van der Waals surface area (Å²) in [4.78, 5) is 4.48. The largest absolute Gasteiger partial charge is 0.389 e. The van der Waals surface area contributed by atoms with Gasteiger partial charge in [-0.1, -0.05) is 19.9 Å². The van der Waals surface area contributed by atoms with Crippen LogP contribution in [-0.2, 0) is 12.8 Å². The van der Waals surface area contributed by atoms with Gasteiger partial charge in [-0.25, -0.2) is 0 Å². The fraction of sp³-hybridized carbons (Fsp3) is 0.706. The Bertz CT molecular complexity index is 394. The predicted octanol–water partition coefficient (Wildman–Crippen LogP) is 2.86. The van der Waals surface area contributed by atoms with Gasteiger partial charge in [0.1, 0.15) is 0 Å². The van der Waals surface area contributed by atoms with Crippen LogP contribution in [0.4, 0.5) is 0 Å². The molecule has 0 unspecified atom stereocenters. The summed E-state index contributed by atoms with van der Waals surface area (Å²) < 4.78 is 0. The number of aryl methyl sites for hydroxylation is 1. The summed E-state index contributed by atoms with van der Waals surface area (Å²) in [7, 11) is 0. The van der Waals surface area contributed by atoms with Crippen LogP contribution in [0.3, 0.4) is 0 Å². The van der Waals surface area contributed by atoms with Gasteiger partial charge < -0.3 is 10.4 Å². The van der Waals surface area contributed by atoms with Gasteiger partial charge >= 0.3 is 0 Å². The third-order valence-electron chi connectivity index (χ3n) is 4.40. The molecule has 2 N–H and O–H groups in total. The van der Waals surface area contributed by atoms with Crippen molar-refractivity contribution < 1.29 is 5.11 Å². The van der Waals surface area contributed by atoms with Crippen molar-refractivity contribution in [3.63, 3.8) is 0 Å². The Balaban J connectivity index is 1.86. The molecule has 1 aromatic heterocycles. The molecule has 1 aliphatic carbocycles. The van der Waals surface area contributed by atoms with Crippen molar-refractivity contribution in [1.29, 1.82) is 0 Å². The normalized spacial score (nSPS) is 26.6. The zero-order valence-electron chi connectivity index (χ0n) is 12.9. The average Bonchev–Trinajstić information content (AvgIpc) is 2.47. The van der Waals surface area contributed by atoms with Gasteiger partial charge in [0.05, 0.1) is 5.60 Å². The van der Waals surface area contributed by atoms with Crippen LogP contribution in [0.1, 0.15) is 57.2 Å². The molecule has 0 atom stereocenters. The van der Waals surface area contributed by atoms with Crippen molar-refractivity contribution in [3.05, 3.63) is 29.6 Å². The first-order chi connectivity index (χ1) is 9.65. The number of rotatable bonds is 6. The molecule has 1 heterocycles. The van der Waals surface area contributed by atoms with E-state index < -0.39 is 5.60 Å². The SMILES string of the molecule is CCCNC1CCC(O)(Cc2ccc(CC)cn2)CC1. The Labute approximate surface area is 122 Å². The van der Waals surface area contributed by atoms with Crippen LogP contribution < -0.4 is 5.32 Å². The maximum Gasteiger partial charge on any atom is 0.0704 e. The fourth-order valence-corrected chi connectivity index (χ4v) is 2.99. The molecule has 1 aromatic rings. The second kappa shape index (κ2) is 7.19. The summed E-state index contributed by atoms with van der Waals surface area (Å²) in [5, 5.41) is 14.3. The quantitative estimate of drug-likeness (QED) is 0.840. The summed E-state index contributed by atoms with van der Waals surface area (Å²) >= 11 is 0. The van der Waals surface area contributed by atoms with E-state index in [9.17, 15) is 5.11 Å². The Morgan fingerprint density at radius 2 is 2.05 bits per heavy atom. The molecule has 0 aliphatic heterocycles. The number of nitrogens with zero attached hydrogens (tertiary/aromatic N) is 1. The molecule has 0 saturated heterocycles. The summed E-state index contributed by atoms with van der Waals surface area (Å²) in [5.74, 6) is 0. The zero-order chi connectivity index (χ0) is 14.4. The smallest absolute Gasteiger partial charge is 0.0704 e. The van der Waals surface area contributed by atoms with Crippen LogP contribution in [0.25, 0.3) is 0 Å². The molecule has 3 heteroatoms. The maximum absolute atomic E-state index is 10.7. The van der Waals surface area contributed by atoms with Crippen LogP contribution in [0.15, 0.2) is 18.3 Å². The molecule has 2 rings (SSSR count). The van der Waals surface area contributed by atoms with Crippen LogP contribution >= 0.6 is 0 Å². The van der Waals surface area contributed by atoms with E-state index in [1.807, 2.05) is 6.20 Å². The van der Waals surface area contributed by atoms with Crippen molar-refractivity contribution in [2.75, 3.05) is 6.54 Å². The van der Waals surface area contributed by atoms with Crippen LogP contribution in [0.2, 0.25) is 0 Å². The molecule has 1 aliphatic rings. The molecule has 0 bridgehead atoms. The number of aliphatic hydroxyl groups is 1. The van der Waals surface area contributed by atoms with E-state index in [1.54, 1.807) is 0 Å². The second-order valence-electron chi connectivity index (χ2n) is 6.14. The molecule has 1 fully saturated rings. The lowest BCUT2D eigenvalue weighted by Gasteiger charge is -2.36. The van der Waals surface area contributed by atoms with E-state index >= 15 is 0 Å². The number of aromatic nitrogens is 1. The Hall–Kier alpha value is -0.930. The van der Waals surface area contributed by atoms with E-state index in [4.69, 9.17) is 0 Å². The lowest BCUT2D eigenvalue weighted by Crippen LogP contribution is -2.42. The number of hydrogen-bond donors (Lipinski definition) is 2. The summed E-state index contributed by atoms with van der Waals surface area (Å²) in [6.07, 6.45) is 8.73. The van der Waals surface area contributed by atoms with Gasteiger partial charge in [-0.05, 0) is 56.7 Å². The lowest BCUT2D eigenvalue weighted by atomic mass is 9.79. The van der Waals surface area contributed by atoms with E-state index in [0.717, 1.165) is 44.3 Å². The minimum Gasteiger partial charge on any atom is -0.389 e. The van der Waals surface area contributed by atoms with Crippen molar-refractivity contribution in [2.45, 2.75) is 70.4 Å². The van der Waals surface area contributed by atoms with Crippen molar-refractivity contribution in [3.8, 4) is 0 Å². The minimum atomic E-state index is -0.550. The second-order valence-corrected chi connectivity index (χ2v) is 6.14. The van der Waals surface area contributed by atoms with Crippen LogP contribution in [-0.4, -0.2) is 28.3 Å². The lowest BCUT2D eigenvalue weighted by molar-refractivity contribution is -0.00384. The van der Waals surface area contributed by atoms with E-state index in [1.165, 1.54) is 12.0 Å². The molecule has 0 spiro atoms. The highest BCUT2D eigenvalue weighted by Crippen LogP contribution is 2.31. The average molecular weight is 276 g/mol. The third-order valence-corrected chi connectivity index (χ3v) is 4.40. The number of hydrogen-bond acceptors (Lipinski definition) is 3. The van der Waals surface area contributed by atoms with E-state index in [-0.39, 0.29) is 0 Å². The molecular formula is C17H28N2O. The maximum atomic E-state index is 10.7. The molecule has 3 nitrogen and oxygen atoms in total. The van der Waals surface area contributed by atoms with E-state index in [2.05, 4.69) is 36.3 Å². The van der Waals surface area contributed by atoms with Gasteiger partial charge in [0.25, 0.3) is 0 Å². The van der Waals surface area contributed by atoms with Gasteiger partial charge in [0, 0.05) is 24.4 Å². The zero-order valence-corrected chi connectivity index (χ0v) is 12.9. The predicted molar refractivity (Wildman–Crippen MR) is 82.8 cm³/mol. The standard InChI is InChI=1S/C17H28N2O/c1-3-11-18-15-7-9-17(20,10-8-15)12-16-6-5-14(4-2)13-19-16/h5-6,13,15,18,20H,3-4,7-12H2,1-2H3. The molecule has 20 heavy (non-hydrogen) atoms. The molecule has 0 radical (unpaired) electrons. The van der Waals surface area contributed by atoms with E-state index in [0.29, 0.717) is 12.5 Å². The first-order valence-corrected chi connectivity index (χ1v) is 8.05. The first kappa shape index (κ1) is 15.5. The highest BCUT2D eigenvalue weighted by Gasteiger charge is 2.33. The van der Waals surface area contributed by atoms with Crippen molar-refractivity contribution in [2.24, 2.45) is 0 Å². The van der Waals surface area contributed by atoms with Gasteiger partial charge in [0.15, 0.2) is 0 Å². The first-order valence-electron chi connectivity index (χ1n) is 8.05. The van der Waals surface area contributed by atoms with Crippen LogP contribution in [0.5, 0.6) is 0 Å². The van der Waals surface area contributed by atoms with Crippen molar-refractivity contribution in [1.82, 2.24) is 10.3 Å². The molecule has 1 saturated carbocycles. The highest BCUT2D eigenvalue weighted by molar-refractivity contribution is 5.15. The van der Waals surface area contributed by atoms with Gasteiger partial charge in [-0.3, -0.25) is 4.98 Å². The fourth-order valence-electron chi connectivity index (χ4n) is 2.99. The molecule has 0 amide bonds. The van der Waals surface area contributed by atoms with Crippen LogP contribution in [0, 0.1) is 0 Å². The third kappa shape index (κ3) is 4.29. The molecular weight excluding hydrogens is 248 g/mol. The summed E-state index contributed by atoms with van der Waals surface area (Å²) in [6.45, 7) is 5.41. The minimum absolute atomic E-state index is 0.550. The monoisotopic (exact) mass is 276 g/mol. The molecule has 112 valence electrons. The Kier molecular flexibility index (Phi) is 5.55. The Morgan fingerprint density at radius 3 is 2.60 bits per heavy atom. The summed E-state index contributed by atoms with van der Waals surface area (Å²) in [5.41, 5.74) is 1.73. The van der Waals surface area contributed by atoms with Crippen molar-refractivity contribution >= 4 is 0 Å². The van der Waals surface area contributed by atoms with Gasteiger partial charge in [-0.15, -0.1) is 0 Å². The summed E-state index contributed by atoms with van der Waals surface area (Å²) in [6, 6.07) is 4.78. The van der Waals surface area contributed by atoms with Gasteiger partial charge in [-0.2, -0.15) is 0 Å². The topological polar surface area (TPSA) is 45.1 Å². The Morgan fingerprint density at radius 1 is 1.30 bits per heavy atom. The highest BCUT2D eigenvalue weighted by atomic mass is 16.3. The molecule has 0 aromatic carbocycles. The number of nitrogens with one attached hydrogen (secondary N) is 1.